The van der Waals surface area contributed by atoms with E-state index in [1.54, 1.807) is 6.92 Å². The number of carbonyl (C=O) groups excluding carboxylic acids is 1. The number of pyridine rings is 1. The van der Waals surface area contributed by atoms with E-state index >= 15 is 0 Å². The molecule has 0 saturated carbocycles. The third-order valence-electron chi connectivity index (χ3n) is 2.94. The molecule has 0 unspecified atom stereocenters. The minimum Gasteiger partial charge on any atom is -0.492 e. The predicted octanol–water partition coefficient (Wildman–Crippen LogP) is 1.86. The van der Waals surface area contributed by atoms with Crippen LogP contribution in [0.1, 0.15) is 17.3 Å². The lowest BCUT2D eigenvalue weighted by Crippen LogP contribution is -2.19. The third kappa shape index (κ3) is 2.42. The standard InChI is InChI=1S/C14H14FNO5/c1-4-21-14(18)7-6-16-9-5-8(15)12(19-2)13(20-3)10(9)11(7)17/h5-6H,4H2,1-3H3,(H,16,17). The lowest BCUT2D eigenvalue weighted by Gasteiger charge is -2.12. The number of H-pyrrole nitrogens is 1. The van der Waals surface area contributed by atoms with Crippen molar-refractivity contribution < 1.29 is 23.4 Å². The summed E-state index contributed by atoms with van der Waals surface area (Å²) in [6.07, 6.45) is 1.19. The highest BCUT2D eigenvalue weighted by atomic mass is 19.1. The molecule has 0 saturated heterocycles. The fraction of sp³-hybridized carbons (Fsp3) is 0.286. The van der Waals surface area contributed by atoms with Gasteiger partial charge in [0.25, 0.3) is 0 Å². The molecule has 7 heteroatoms. The van der Waals surface area contributed by atoms with Gasteiger partial charge in [0.05, 0.1) is 31.7 Å². The van der Waals surface area contributed by atoms with Gasteiger partial charge in [0.2, 0.25) is 5.43 Å². The normalized spacial score (nSPS) is 10.5. The van der Waals surface area contributed by atoms with Crippen molar-refractivity contribution in [3.8, 4) is 11.5 Å². The number of halogens is 1. The molecular weight excluding hydrogens is 281 g/mol. The Morgan fingerprint density at radius 3 is 2.52 bits per heavy atom. The zero-order valence-electron chi connectivity index (χ0n) is 11.8. The van der Waals surface area contributed by atoms with Gasteiger partial charge in [-0.25, -0.2) is 9.18 Å². The van der Waals surface area contributed by atoms with E-state index < -0.39 is 17.2 Å². The third-order valence-corrected chi connectivity index (χ3v) is 2.94. The molecule has 21 heavy (non-hydrogen) atoms. The lowest BCUT2D eigenvalue weighted by molar-refractivity contribution is 0.0524. The summed E-state index contributed by atoms with van der Waals surface area (Å²) in [5.41, 5.74) is -0.600. The Morgan fingerprint density at radius 1 is 1.29 bits per heavy atom. The van der Waals surface area contributed by atoms with Crippen LogP contribution in [0.3, 0.4) is 0 Å². The van der Waals surface area contributed by atoms with Gasteiger partial charge in [-0.3, -0.25) is 4.79 Å². The maximum Gasteiger partial charge on any atom is 0.343 e. The zero-order valence-corrected chi connectivity index (χ0v) is 11.8. The molecule has 0 aliphatic heterocycles. The number of nitrogens with one attached hydrogen (secondary N) is 1. The molecule has 6 nitrogen and oxygen atoms in total. The first kappa shape index (κ1) is 14.8. The first-order valence-corrected chi connectivity index (χ1v) is 6.18. The Bertz CT molecular complexity index is 753. The zero-order chi connectivity index (χ0) is 15.6. The maximum absolute atomic E-state index is 13.9. The number of fused-ring (bicyclic) bond motifs is 1. The molecule has 1 heterocycles. The van der Waals surface area contributed by atoms with E-state index in [0.29, 0.717) is 0 Å². The van der Waals surface area contributed by atoms with Gasteiger partial charge in [-0.05, 0) is 6.92 Å². The van der Waals surface area contributed by atoms with Crippen LogP contribution in [0.15, 0.2) is 17.1 Å². The average Bonchev–Trinajstić information content (AvgIpc) is 2.46. The van der Waals surface area contributed by atoms with Crippen LogP contribution in [0.25, 0.3) is 10.9 Å². The van der Waals surface area contributed by atoms with E-state index in [4.69, 9.17) is 14.2 Å². The Labute approximate surface area is 119 Å². The second kappa shape index (κ2) is 5.82. The minimum absolute atomic E-state index is 0.0290. The van der Waals surface area contributed by atoms with E-state index in [1.165, 1.54) is 20.4 Å². The van der Waals surface area contributed by atoms with Crippen LogP contribution >= 0.6 is 0 Å². The quantitative estimate of drug-likeness (QED) is 0.871. The molecule has 1 N–H and O–H groups in total. The summed E-state index contributed by atoms with van der Waals surface area (Å²) >= 11 is 0. The van der Waals surface area contributed by atoms with E-state index in [2.05, 4.69) is 4.98 Å². The van der Waals surface area contributed by atoms with Crippen LogP contribution in [-0.2, 0) is 4.74 Å². The number of methoxy groups -OCH3 is 2. The molecule has 2 rings (SSSR count). The van der Waals surface area contributed by atoms with Crippen molar-refractivity contribution in [1.29, 1.82) is 0 Å². The van der Waals surface area contributed by atoms with Gasteiger partial charge in [0.15, 0.2) is 17.3 Å². The number of aromatic nitrogens is 1. The van der Waals surface area contributed by atoms with Gasteiger partial charge in [0.1, 0.15) is 5.56 Å². The first-order chi connectivity index (χ1) is 10.0. The predicted molar refractivity (Wildman–Crippen MR) is 73.6 cm³/mol. The highest BCUT2D eigenvalue weighted by Crippen LogP contribution is 2.35. The van der Waals surface area contributed by atoms with E-state index in [0.717, 1.165) is 6.07 Å². The first-order valence-electron chi connectivity index (χ1n) is 6.18. The number of carbonyl (C=O) groups is 1. The Balaban J connectivity index is 2.82. The fourth-order valence-corrected chi connectivity index (χ4v) is 2.04. The van der Waals surface area contributed by atoms with E-state index in [-0.39, 0.29) is 34.6 Å². The molecule has 0 radical (unpaired) electrons. The van der Waals surface area contributed by atoms with Gasteiger partial charge in [-0.15, -0.1) is 0 Å². The topological polar surface area (TPSA) is 77.6 Å². The molecule has 0 aliphatic rings. The number of rotatable bonds is 4. The summed E-state index contributed by atoms with van der Waals surface area (Å²) in [7, 11) is 2.55. The monoisotopic (exact) mass is 295 g/mol. The number of benzene rings is 1. The molecule has 0 aliphatic carbocycles. The molecule has 0 amide bonds. The van der Waals surface area contributed by atoms with Gasteiger partial charge >= 0.3 is 5.97 Å². The SMILES string of the molecule is CCOC(=O)c1c[nH]c2cc(F)c(OC)c(OC)c2c1=O. The van der Waals surface area contributed by atoms with Crippen molar-refractivity contribution in [2.24, 2.45) is 0 Å². The maximum atomic E-state index is 13.9. The number of ether oxygens (including phenoxy) is 3. The molecule has 112 valence electrons. The summed E-state index contributed by atoms with van der Waals surface area (Å²) < 4.78 is 28.6. The second-order valence-electron chi connectivity index (χ2n) is 4.10. The highest BCUT2D eigenvalue weighted by molar-refractivity contribution is 5.96. The lowest BCUT2D eigenvalue weighted by atomic mass is 10.1. The van der Waals surface area contributed by atoms with Crippen LogP contribution < -0.4 is 14.9 Å². The van der Waals surface area contributed by atoms with E-state index in [9.17, 15) is 14.0 Å². The molecule has 2 aromatic rings. The molecule has 0 spiro atoms. The Hall–Kier alpha value is -2.57. The largest absolute Gasteiger partial charge is 0.492 e. The van der Waals surface area contributed by atoms with Gasteiger partial charge in [0, 0.05) is 12.3 Å². The van der Waals surface area contributed by atoms with E-state index in [1.807, 2.05) is 0 Å². The fourth-order valence-electron chi connectivity index (χ4n) is 2.04. The molecule has 0 fully saturated rings. The number of esters is 1. The Kier molecular flexibility index (Phi) is 4.11. The number of hydrogen-bond acceptors (Lipinski definition) is 5. The van der Waals surface area contributed by atoms with Crippen LogP contribution in [0.5, 0.6) is 11.5 Å². The van der Waals surface area contributed by atoms with Crippen molar-refractivity contribution >= 4 is 16.9 Å². The van der Waals surface area contributed by atoms with Crippen LogP contribution in [0.4, 0.5) is 4.39 Å². The van der Waals surface area contributed by atoms with Crippen LogP contribution in [0, 0.1) is 5.82 Å². The van der Waals surface area contributed by atoms with Crippen molar-refractivity contribution in [1.82, 2.24) is 4.98 Å². The van der Waals surface area contributed by atoms with Gasteiger partial charge in [-0.2, -0.15) is 0 Å². The van der Waals surface area contributed by atoms with Gasteiger partial charge in [-0.1, -0.05) is 0 Å². The molecule has 1 aromatic heterocycles. The van der Waals surface area contributed by atoms with Crippen LogP contribution in [0.2, 0.25) is 0 Å². The van der Waals surface area contributed by atoms with Gasteiger partial charge < -0.3 is 19.2 Å². The summed E-state index contributed by atoms with van der Waals surface area (Å²) in [5, 5.41) is 0.0290. The summed E-state index contributed by atoms with van der Waals surface area (Å²) in [6.45, 7) is 1.77. The highest BCUT2D eigenvalue weighted by Gasteiger charge is 2.21. The minimum atomic E-state index is -0.758. The summed E-state index contributed by atoms with van der Waals surface area (Å²) in [4.78, 5) is 26.9. The number of aromatic amines is 1. The second-order valence-corrected chi connectivity index (χ2v) is 4.10. The smallest absolute Gasteiger partial charge is 0.343 e. The van der Waals surface area contributed by atoms with Crippen molar-refractivity contribution in [3.63, 3.8) is 0 Å². The van der Waals surface area contributed by atoms with Crippen molar-refractivity contribution in [2.75, 3.05) is 20.8 Å². The number of hydrogen-bond donors (Lipinski definition) is 1. The molecule has 0 bridgehead atoms. The van der Waals surface area contributed by atoms with Crippen molar-refractivity contribution in [2.45, 2.75) is 6.92 Å². The summed E-state index contributed by atoms with van der Waals surface area (Å²) in [6, 6.07) is 1.10. The molecule has 0 atom stereocenters. The average molecular weight is 295 g/mol. The molecular formula is C14H14FNO5. The van der Waals surface area contributed by atoms with Crippen molar-refractivity contribution in [3.05, 3.63) is 33.9 Å². The molecule has 1 aromatic carbocycles. The Morgan fingerprint density at radius 2 is 1.95 bits per heavy atom. The summed E-state index contributed by atoms with van der Waals surface area (Å²) in [5.74, 6) is -1.70. The van der Waals surface area contributed by atoms with Crippen LogP contribution in [-0.4, -0.2) is 31.8 Å².